The second kappa shape index (κ2) is 4.33. The summed E-state index contributed by atoms with van der Waals surface area (Å²) < 4.78 is 56.7. The molecule has 8 heteroatoms. The van der Waals surface area contributed by atoms with E-state index < -0.39 is 15.5 Å². The zero-order valence-electron chi connectivity index (χ0n) is 5.93. The Hall–Kier alpha value is 0.0500. The Balaban J connectivity index is 4.08. The van der Waals surface area contributed by atoms with Gasteiger partial charge in [0.2, 0.25) is 0 Å². The summed E-state index contributed by atoms with van der Waals surface area (Å²) in [6.45, 7) is -0.245. The minimum Gasteiger partial charge on any atom is -0.207 e. The van der Waals surface area contributed by atoms with Gasteiger partial charge >= 0.3 is 15.5 Å². The normalized spacial score (nSPS) is 13.3. The van der Waals surface area contributed by atoms with Gasteiger partial charge in [0.25, 0.3) is 0 Å². The Morgan fingerprint density at radius 3 is 2.17 bits per heavy atom. The molecule has 0 amide bonds. The van der Waals surface area contributed by atoms with E-state index in [2.05, 4.69) is 12.6 Å². The van der Waals surface area contributed by atoms with E-state index in [1.54, 1.807) is 0 Å². The van der Waals surface area contributed by atoms with Gasteiger partial charge in [0.15, 0.2) is 0 Å². The minimum atomic E-state index is -5.22. The summed E-state index contributed by atoms with van der Waals surface area (Å²) in [7, 11) is -5.15. The maximum Gasteiger partial charge on any atom is 0.511 e. The Labute approximate surface area is 73.8 Å². The van der Waals surface area contributed by atoms with Crippen LogP contribution in [-0.4, -0.2) is 26.2 Å². The van der Waals surface area contributed by atoms with Crippen molar-refractivity contribution in [2.24, 2.45) is 0 Å². The van der Waals surface area contributed by atoms with Crippen LogP contribution in [-0.2, 0) is 10.0 Å². The molecule has 1 N–H and O–H groups in total. The average molecular weight is 223 g/mol. The number of sulfonamides is 1. The second-order valence-corrected chi connectivity index (χ2v) is 4.13. The molecule has 0 heterocycles. The summed E-state index contributed by atoms with van der Waals surface area (Å²) >= 11 is 3.71. The topological polar surface area (TPSA) is 46.2 Å². The molecule has 0 aliphatic carbocycles. The van der Waals surface area contributed by atoms with Gasteiger partial charge < -0.3 is 0 Å². The first kappa shape index (κ1) is 12.0. The molecule has 0 aromatic rings. The van der Waals surface area contributed by atoms with Gasteiger partial charge in [0, 0.05) is 6.54 Å². The molecule has 0 aliphatic heterocycles. The number of hydrogen-bond acceptors (Lipinski definition) is 3. The number of thiol groups is 1. The van der Waals surface area contributed by atoms with Gasteiger partial charge in [0.1, 0.15) is 0 Å². The molecule has 0 rings (SSSR count). The summed E-state index contributed by atoms with van der Waals surface area (Å²) in [4.78, 5) is 0. The van der Waals surface area contributed by atoms with Crippen molar-refractivity contribution < 1.29 is 21.6 Å². The zero-order valence-corrected chi connectivity index (χ0v) is 7.64. The van der Waals surface area contributed by atoms with Crippen molar-refractivity contribution in [2.45, 2.75) is 11.9 Å². The van der Waals surface area contributed by atoms with Crippen LogP contribution in [0, 0.1) is 0 Å². The summed E-state index contributed by atoms with van der Waals surface area (Å²) in [5.41, 5.74) is -5.22. The van der Waals surface area contributed by atoms with Gasteiger partial charge in [-0.3, -0.25) is 0 Å². The lowest BCUT2D eigenvalue weighted by Crippen LogP contribution is -2.37. The van der Waals surface area contributed by atoms with Crippen molar-refractivity contribution in [2.75, 3.05) is 12.3 Å². The van der Waals surface area contributed by atoms with Gasteiger partial charge in [-0.05, 0) is 12.2 Å². The summed E-state index contributed by atoms with van der Waals surface area (Å²) in [6, 6.07) is 0. The van der Waals surface area contributed by atoms with Gasteiger partial charge in [0.05, 0.1) is 0 Å². The average Bonchev–Trinajstić information content (AvgIpc) is 1.85. The van der Waals surface area contributed by atoms with Crippen LogP contribution in [0.3, 0.4) is 0 Å². The lowest BCUT2D eigenvalue weighted by atomic mass is 10.5. The molecule has 0 aromatic heterocycles. The van der Waals surface area contributed by atoms with Crippen LogP contribution in [0.1, 0.15) is 6.42 Å². The van der Waals surface area contributed by atoms with E-state index in [0.29, 0.717) is 5.75 Å². The highest BCUT2D eigenvalue weighted by Crippen LogP contribution is 2.21. The third kappa shape index (κ3) is 3.63. The van der Waals surface area contributed by atoms with Crippen molar-refractivity contribution in [1.82, 2.24) is 4.72 Å². The molecular formula is C4H8F3NO2S2. The fraction of sp³-hybridized carbons (Fsp3) is 1.00. The van der Waals surface area contributed by atoms with Gasteiger partial charge in [-0.2, -0.15) is 25.8 Å². The number of alkyl halides is 3. The Kier molecular flexibility index (Phi) is 4.35. The molecule has 0 aromatic carbocycles. The number of hydrogen-bond donors (Lipinski definition) is 2. The zero-order chi connectivity index (χ0) is 9.83. The predicted molar refractivity (Wildman–Crippen MR) is 41.4 cm³/mol. The molecule has 0 unspecified atom stereocenters. The molecule has 0 saturated carbocycles. The van der Waals surface area contributed by atoms with Gasteiger partial charge in [-0.15, -0.1) is 0 Å². The van der Waals surface area contributed by atoms with Crippen LogP contribution in [0.4, 0.5) is 13.2 Å². The lowest BCUT2D eigenvalue weighted by molar-refractivity contribution is -0.0447. The van der Waals surface area contributed by atoms with E-state index >= 15 is 0 Å². The third-order valence-corrected chi connectivity index (χ3v) is 2.44. The highest BCUT2D eigenvalue weighted by molar-refractivity contribution is 7.90. The van der Waals surface area contributed by atoms with E-state index in [9.17, 15) is 21.6 Å². The van der Waals surface area contributed by atoms with Crippen LogP contribution >= 0.6 is 12.6 Å². The highest BCUT2D eigenvalue weighted by Gasteiger charge is 2.45. The molecule has 0 atom stereocenters. The standard InChI is InChI=1S/C4H8F3NO2S2/c5-4(6,7)12(9,10)8-2-1-3-11/h8,11H,1-3H2. The highest BCUT2D eigenvalue weighted by atomic mass is 32.2. The van der Waals surface area contributed by atoms with E-state index in [-0.39, 0.29) is 13.0 Å². The minimum absolute atomic E-state index is 0.245. The van der Waals surface area contributed by atoms with Crippen molar-refractivity contribution in [1.29, 1.82) is 0 Å². The Morgan fingerprint density at radius 1 is 1.33 bits per heavy atom. The largest absolute Gasteiger partial charge is 0.511 e. The fourth-order valence-corrected chi connectivity index (χ4v) is 1.10. The van der Waals surface area contributed by atoms with Crippen LogP contribution in [0.5, 0.6) is 0 Å². The Bertz CT molecular complexity index is 223. The first-order valence-corrected chi connectivity index (χ1v) is 5.09. The molecule has 0 radical (unpaired) electrons. The molecule has 12 heavy (non-hydrogen) atoms. The Morgan fingerprint density at radius 2 is 1.83 bits per heavy atom. The van der Waals surface area contributed by atoms with Crippen molar-refractivity contribution in [3.8, 4) is 0 Å². The van der Waals surface area contributed by atoms with Crippen molar-refractivity contribution >= 4 is 22.7 Å². The smallest absolute Gasteiger partial charge is 0.207 e. The van der Waals surface area contributed by atoms with Gasteiger partial charge in [-0.25, -0.2) is 13.1 Å². The number of nitrogens with one attached hydrogen (secondary N) is 1. The quantitative estimate of drug-likeness (QED) is 0.545. The molecule has 0 bridgehead atoms. The van der Waals surface area contributed by atoms with Crippen molar-refractivity contribution in [3.05, 3.63) is 0 Å². The first-order chi connectivity index (χ1) is 5.31. The third-order valence-electron chi connectivity index (χ3n) is 0.932. The van der Waals surface area contributed by atoms with Gasteiger partial charge in [-0.1, -0.05) is 0 Å². The number of rotatable bonds is 4. The maximum atomic E-state index is 11.6. The van der Waals surface area contributed by atoms with Crippen molar-refractivity contribution in [3.63, 3.8) is 0 Å². The summed E-state index contributed by atoms with van der Waals surface area (Å²) in [6.07, 6.45) is 0.262. The molecule has 0 spiro atoms. The van der Waals surface area contributed by atoms with Crippen LogP contribution in [0.2, 0.25) is 0 Å². The van der Waals surface area contributed by atoms with E-state index in [0.717, 1.165) is 0 Å². The SMILES string of the molecule is O=S(=O)(NCCCS)C(F)(F)F. The van der Waals surface area contributed by atoms with E-state index in [4.69, 9.17) is 0 Å². The maximum absolute atomic E-state index is 11.6. The van der Waals surface area contributed by atoms with Crippen LogP contribution in [0.25, 0.3) is 0 Å². The number of halogens is 3. The van der Waals surface area contributed by atoms with Crippen LogP contribution in [0.15, 0.2) is 0 Å². The molecular weight excluding hydrogens is 215 g/mol. The molecule has 3 nitrogen and oxygen atoms in total. The monoisotopic (exact) mass is 223 g/mol. The van der Waals surface area contributed by atoms with E-state index in [1.165, 1.54) is 4.72 Å². The molecule has 0 fully saturated rings. The predicted octanol–water partition coefficient (Wildman–Crippen LogP) is 0.746. The first-order valence-electron chi connectivity index (χ1n) is 2.98. The summed E-state index contributed by atoms with van der Waals surface area (Å²) in [5, 5.41) is 0. The van der Waals surface area contributed by atoms with Crippen LogP contribution < -0.4 is 4.72 Å². The second-order valence-electron chi connectivity index (χ2n) is 1.92. The molecule has 0 aliphatic rings. The molecule has 0 saturated heterocycles. The summed E-state index contributed by atoms with van der Waals surface area (Å²) in [5.74, 6) is 0.334. The van der Waals surface area contributed by atoms with E-state index in [1.807, 2.05) is 0 Å². The molecule has 74 valence electrons. The fourth-order valence-electron chi connectivity index (χ4n) is 0.367. The lowest BCUT2D eigenvalue weighted by Gasteiger charge is -2.07.